The molecular formula is C14H12N2O5. The molecule has 0 aliphatic carbocycles. The van der Waals surface area contributed by atoms with Crippen LogP contribution in [0.15, 0.2) is 41.2 Å². The van der Waals surface area contributed by atoms with E-state index >= 15 is 0 Å². The summed E-state index contributed by atoms with van der Waals surface area (Å²) in [6, 6.07) is 8.31. The predicted octanol–water partition coefficient (Wildman–Crippen LogP) is 2.13. The second kappa shape index (κ2) is 6.00. The van der Waals surface area contributed by atoms with Gasteiger partial charge in [0.2, 0.25) is 5.56 Å². The molecule has 1 aromatic carbocycles. The molecule has 0 unspecified atom stereocenters. The van der Waals surface area contributed by atoms with E-state index in [0.717, 1.165) is 6.07 Å². The first-order valence-corrected chi connectivity index (χ1v) is 6.17. The van der Waals surface area contributed by atoms with E-state index in [1.54, 1.807) is 13.0 Å². The molecule has 1 N–H and O–H groups in total. The van der Waals surface area contributed by atoms with Crippen LogP contribution in [0.2, 0.25) is 0 Å². The van der Waals surface area contributed by atoms with E-state index in [9.17, 15) is 19.7 Å². The number of esters is 1. The molecule has 7 nitrogen and oxygen atoms in total. The Morgan fingerprint density at radius 1 is 1.33 bits per heavy atom. The summed E-state index contributed by atoms with van der Waals surface area (Å²) in [4.78, 5) is 36.0. The summed E-state index contributed by atoms with van der Waals surface area (Å²) in [6.07, 6.45) is 0. The Bertz CT molecular complexity index is 751. The number of nitrogens with one attached hydrogen (secondary N) is 1. The number of nitro benzene ring substituents is 1. The number of rotatable bonds is 4. The van der Waals surface area contributed by atoms with E-state index in [1.807, 2.05) is 0 Å². The first kappa shape index (κ1) is 14.4. The monoisotopic (exact) mass is 288 g/mol. The maximum Gasteiger partial charge on any atom is 0.338 e. The zero-order chi connectivity index (χ0) is 15.4. The van der Waals surface area contributed by atoms with Crippen molar-refractivity contribution in [3.05, 3.63) is 62.4 Å². The number of aromatic amines is 1. The highest BCUT2D eigenvalue weighted by molar-refractivity contribution is 5.92. The molecule has 7 heteroatoms. The second-order valence-electron chi connectivity index (χ2n) is 4.17. The fraction of sp³-hybridized carbons (Fsp3) is 0.143. The van der Waals surface area contributed by atoms with Gasteiger partial charge in [0, 0.05) is 29.5 Å². The van der Waals surface area contributed by atoms with Gasteiger partial charge in [-0.05, 0) is 19.1 Å². The summed E-state index contributed by atoms with van der Waals surface area (Å²) in [6.45, 7) is 1.81. The van der Waals surface area contributed by atoms with Crippen LogP contribution < -0.4 is 5.56 Å². The molecule has 0 fully saturated rings. The molecule has 2 rings (SSSR count). The fourth-order valence-corrected chi connectivity index (χ4v) is 1.82. The quantitative estimate of drug-likeness (QED) is 0.527. The van der Waals surface area contributed by atoms with Crippen LogP contribution in [0, 0.1) is 10.1 Å². The molecule has 0 atom stereocenters. The van der Waals surface area contributed by atoms with Crippen molar-refractivity contribution >= 4 is 11.7 Å². The maximum absolute atomic E-state index is 11.8. The summed E-state index contributed by atoms with van der Waals surface area (Å²) in [7, 11) is 0. The van der Waals surface area contributed by atoms with Gasteiger partial charge in [-0.1, -0.05) is 6.07 Å². The summed E-state index contributed by atoms with van der Waals surface area (Å²) in [5, 5.41) is 11.0. The lowest BCUT2D eigenvalue weighted by Crippen LogP contribution is -2.07. The maximum atomic E-state index is 11.8. The van der Waals surface area contributed by atoms with Crippen molar-refractivity contribution in [3.63, 3.8) is 0 Å². The third kappa shape index (κ3) is 3.33. The number of carbonyl (C=O) groups excluding carboxylic acids is 1. The molecule has 0 aliphatic rings. The number of aromatic nitrogens is 1. The third-order valence-corrected chi connectivity index (χ3v) is 2.72. The Balaban J connectivity index is 2.57. The summed E-state index contributed by atoms with van der Waals surface area (Å²) < 4.78 is 4.84. The van der Waals surface area contributed by atoms with Crippen molar-refractivity contribution in [2.75, 3.05) is 6.61 Å². The van der Waals surface area contributed by atoms with Gasteiger partial charge in [0.1, 0.15) is 0 Å². The first-order valence-electron chi connectivity index (χ1n) is 6.17. The lowest BCUT2D eigenvalue weighted by Gasteiger charge is -2.06. The smallest absolute Gasteiger partial charge is 0.338 e. The average molecular weight is 288 g/mol. The Kier molecular flexibility index (Phi) is 4.13. The summed E-state index contributed by atoms with van der Waals surface area (Å²) in [5.74, 6) is -0.652. The fourth-order valence-electron chi connectivity index (χ4n) is 1.82. The standard InChI is InChI=1S/C14H12N2O5/c1-2-21-14(18)10-6-9(7-11(8-10)16(19)20)12-4-3-5-13(17)15-12/h3-8H,2H2,1H3,(H,15,17). The summed E-state index contributed by atoms with van der Waals surface area (Å²) in [5.41, 5.74) is 0.226. The van der Waals surface area contributed by atoms with Crippen molar-refractivity contribution in [3.8, 4) is 11.3 Å². The van der Waals surface area contributed by atoms with Gasteiger partial charge in [0.15, 0.2) is 0 Å². The Morgan fingerprint density at radius 3 is 2.71 bits per heavy atom. The molecule has 0 amide bonds. The molecule has 0 bridgehead atoms. The third-order valence-electron chi connectivity index (χ3n) is 2.72. The number of hydrogen-bond acceptors (Lipinski definition) is 5. The lowest BCUT2D eigenvalue weighted by atomic mass is 10.1. The van der Waals surface area contributed by atoms with Gasteiger partial charge >= 0.3 is 5.97 Å². The minimum absolute atomic E-state index is 0.0609. The van der Waals surface area contributed by atoms with Gasteiger partial charge in [-0.2, -0.15) is 0 Å². The Hall–Kier alpha value is -2.96. The van der Waals surface area contributed by atoms with Crippen LogP contribution in [-0.2, 0) is 4.74 Å². The zero-order valence-corrected chi connectivity index (χ0v) is 11.2. The molecule has 1 heterocycles. The number of nitrogens with zero attached hydrogens (tertiary/aromatic N) is 1. The van der Waals surface area contributed by atoms with Gasteiger partial charge in [0.25, 0.3) is 5.69 Å². The SMILES string of the molecule is CCOC(=O)c1cc(-c2cccc(=O)[nH]2)cc([N+](=O)[O-])c1. The molecule has 0 saturated heterocycles. The van der Waals surface area contributed by atoms with Crippen molar-refractivity contribution in [2.24, 2.45) is 0 Å². The minimum Gasteiger partial charge on any atom is -0.462 e. The highest BCUT2D eigenvalue weighted by atomic mass is 16.6. The van der Waals surface area contributed by atoms with E-state index in [-0.39, 0.29) is 23.4 Å². The van der Waals surface area contributed by atoms with E-state index in [1.165, 1.54) is 24.3 Å². The average Bonchev–Trinajstić information content (AvgIpc) is 2.47. The van der Waals surface area contributed by atoms with E-state index in [2.05, 4.69) is 4.98 Å². The molecule has 2 aromatic rings. The van der Waals surface area contributed by atoms with Gasteiger partial charge in [-0.15, -0.1) is 0 Å². The highest BCUT2D eigenvalue weighted by Gasteiger charge is 2.16. The minimum atomic E-state index is -0.652. The normalized spacial score (nSPS) is 10.1. The van der Waals surface area contributed by atoms with Crippen molar-refractivity contribution < 1.29 is 14.5 Å². The molecule has 21 heavy (non-hydrogen) atoms. The van der Waals surface area contributed by atoms with Crippen LogP contribution in [0.5, 0.6) is 0 Å². The van der Waals surface area contributed by atoms with Gasteiger partial charge in [0.05, 0.1) is 17.1 Å². The van der Waals surface area contributed by atoms with E-state index < -0.39 is 10.9 Å². The Morgan fingerprint density at radius 2 is 2.10 bits per heavy atom. The number of pyridine rings is 1. The molecule has 0 radical (unpaired) electrons. The Labute approximate surface area is 119 Å². The topological polar surface area (TPSA) is 102 Å². The molecule has 0 spiro atoms. The number of non-ortho nitro benzene ring substituents is 1. The van der Waals surface area contributed by atoms with Crippen LogP contribution in [0.4, 0.5) is 5.69 Å². The number of hydrogen-bond donors (Lipinski definition) is 1. The number of H-pyrrole nitrogens is 1. The van der Waals surface area contributed by atoms with Crippen molar-refractivity contribution in [2.45, 2.75) is 6.92 Å². The van der Waals surface area contributed by atoms with Crippen molar-refractivity contribution in [1.82, 2.24) is 4.98 Å². The predicted molar refractivity (Wildman–Crippen MR) is 75.1 cm³/mol. The zero-order valence-electron chi connectivity index (χ0n) is 11.2. The van der Waals surface area contributed by atoms with Gasteiger partial charge in [-0.3, -0.25) is 14.9 Å². The molecule has 0 saturated carbocycles. The van der Waals surface area contributed by atoms with Crippen LogP contribution in [0.3, 0.4) is 0 Å². The largest absolute Gasteiger partial charge is 0.462 e. The number of benzene rings is 1. The van der Waals surface area contributed by atoms with Crippen LogP contribution in [-0.4, -0.2) is 22.5 Å². The van der Waals surface area contributed by atoms with Gasteiger partial charge < -0.3 is 9.72 Å². The van der Waals surface area contributed by atoms with Crippen molar-refractivity contribution in [1.29, 1.82) is 0 Å². The van der Waals surface area contributed by atoms with Crippen LogP contribution in [0.25, 0.3) is 11.3 Å². The van der Waals surface area contributed by atoms with Gasteiger partial charge in [-0.25, -0.2) is 4.79 Å². The number of ether oxygens (including phenoxy) is 1. The van der Waals surface area contributed by atoms with E-state index in [4.69, 9.17) is 4.74 Å². The molecular weight excluding hydrogens is 276 g/mol. The highest BCUT2D eigenvalue weighted by Crippen LogP contribution is 2.24. The summed E-state index contributed by atoms with van der Waals surface area (Å²) >= 11 is 0. The second-order valence-corrected chi connectivity index (χ2v) is 4.17. The van der Waals surface area contributed by atoms with E-state index in [0.29, 0.717) is 11.3 Å². The number of nitro groups is 1. The van der Waals surface area contributed by atoms with Crippen LogP contribution >= 0.6 is 0 Å². The molecule has 108 valence electrons. The number of carbonyl (C=O) groups is 1. The molecule has 0 aliphatic heterocycles. The van der Waals surface area contributed by atoms with Crippen LogP contribution in [0.1, 0.15) is 17.3 Å². The first-order chi connectivity index (χ1) is 10.0. The molecule has 1 aromatic heterocycles. The lowest BCUT2D eigenvalue weighted by molar-refractivity contribution is -0.384.